The van der Waals surface area contributed by atoms with Crippen molar-refractivity contribution in [1.82, 2.24) is 15.1 Å². The van der Waals surface area contributed by atoms with E-state index in [1.54, 1.807) is 11.8 Å². The standard InChI is InChI=1S/C22H27N3O5/c1-22(15-6-7-15)20(27)25(21(28)23-22)13-19(26)24-9-2-4-16(24)14-5-8-17-18(12-14)30-11-3-10-29-17/h5,8,12,15-16H,2-4,6-7,9-11,13H2,1H3,(H,23,28)/t16-,22-/m1/s1. The lowest BCUT2D eigenvalue weighted by Gasteiger charge is -2.27. The lowest BCUT2D eigenvalue weighted by molar-refractivity contribution is -0.139. The highest BCUT2D eigenvalue weighted by Gasteiger charge is 2.56. The molecule has 1 aromatic rings. The number of nitrogens with one attached hydrogen (secondary N) is 1. The number of amides is 4. The summed E-state index contributed by atoms with van der Waals surface area (Å²) < 4.78 is 11.5. The van der Waals surface area contributed by atoms with Gasteiger partial charge in [0.2, 0.25) is 5.91 Å². The zero-order valence-corrected chi connectivity index (χ0v) is 17.2. The van der Waals surface area contributed by atoms with Gasteiger partial charge in [-0.3, -0.25) is 14.5 Å². The summed E-state index contributed by atoms with van der Waals surface area (Å²) in [5.74, 6) is 1.13. The second kappa shape index (κ2) is 7.18. The molecule has 1 aliphatic carbocycles. The molecule has 30 heavy (non-hydrogen) atoms. The molecule has 3 aliphatic heterocycles. The molecular formula is C22H27N3O5. The van der Waals surface area contributed by atoms with Crippen LogP contribution in [0.15, 0.2) is 18.2 Å². The lowest BCUT2D eigenvalue weighted by atomic mass is 9.96. The Morgan fingerprint density at radius 2 is 1.90 bits per heavy atom. The first-order valence-corrected chi connectivity index (χ1v) is 10.8. The van der Waals surface area contributed by atoms with E-state index in [1.165, 1.54) is 0 Å². The van der Waals surface area contributed by atoms with Gasteiger partial charge in [0.15, 0.2) is 11.5 Å². The number of rotatable bonds is 4. The molecule has 1 N–H and O–H groups in total. The molecule has 0 bridgehead atoms. The predicted octanol–water partition coefficient (Wildman–Crippen LogP) is 2.23. The molecule has 5 rings (SSSR count). The van der Waals surface area contributed by atoms with Gasteiger partial charge in [-0.25, -0.2) is 4.79 Å². The second-order valence-electron chi connectivity index (χ2n) is 8.80. The van der Waals surface area contributed by atoms with Crippen LogP contribution >= 0.6 is 0 Å². The molecule has 1 aromatic carbocycles. The zero-order chi connectivity index (χ0) is 20.9. The van der Waals surface area contributed by atoms with Gasteiger partial charge in [0, 0.05) is 13.0 Å². The van der Waals surface area contributed by atoms with E-state index in [2.05, 4.69) is 5.32 Å². The Balaban J connectivity index is 1.32. The predicted molar refractivity (Wildman–Crippen MR) is 107 cm³/mol. The third-order valence-electron chi connectivity index (χ3n) is 6.72. The average molecular weight is 413 g/mol. The molecule has 160 valence electrons. The highest BCUT2D eigenvalue weighted by molar-refractivity contribution is 6.09. The molecule has 0 unspecified atom stereocenters. The first-order valence-electron chi connectivity index (χ1n) is 10.8. The Morgan fingerprint density at radius 3 is 2.67 bits per heavy atom. The fraction of sp³-hybridized carbons (Fsp3) is 0.591. The number of hydrogen-bond acceptors (Lipinski definition) is 5. The van der Waals surface area contributed by atoms with Crippen molar-refractivity contribution < 1.29 is 23.9 Å². The van der Waals surface area contributed by atoms with Crippen LogP contribution in [0, 0.1) is 5.92 Å². The summed E-state index contributed by atoms with van der Waals surface area (Å²) >= 11 is 0. The van der Waals surface area contributed by atoms with Crippen molar-refractivity contribution in [3.05, 3.63) is 23.8 Å². The third-order valence-corrected chi connectivity index (χ3v) is 6.72. The Labute approximate surface area is 175 Å². The summed E-state index contributed by atoms with van der Waals surface area (Å²) in [6.07, 6.45) is 4.42. The highest BCUT2D eigenvalue weighted by Crippen LogP contribution is 2.43. The van der Waals surface area contributed by atoms with Crippen molar-refractivity contribution >= 4 is 17.8 Å². The van der Waals surface area contributed by atoms with Crippen molar-refractivity contribution in [2.24, 2.45) is 5.92 Å². The number of ether oxygens (including phenoxy) is 2. The molecular weight excluding hydrogens is 386 g/mol. The fourth-order valence-corrected chi connectivity index (χ4v) is 4.82. The normalized spacial score (nSPS) is 28.5. The van der Waals surface area contributed by atoms with Gasteiger partial charge in [-0.1, -0.05) is 6.07 Å². The minimum Gasteiger partial charge on any atom is -0.490 e. The molecule has 1 saturated carbocycles. The minimum absolute atomic E-state index is 0.0924. The van der Waals surface area contributed by atoms with Crippen molar-refractivity contribution in [3.8, 4) is 11.5 Å². The molecule has 0 spiro atoms. The number of benzene rings is 1. The summed E-state index contributed by atoms with van der Waals surface area (Å²) in [5.41, 5.74) is 0.126. The van der Waals surface area contributed by atoms with E-state index >= 15 is 0 Å². The number of carbonyl (C=O) groups is 3. The molecule has 2 atom stereocenters. The van der Waals surface area contributed by atoms with E-state index in [0.29, 0.717) is 25.5 Å². The topological polar surface area (TPSA) is 88.2 Å². The second-order valence-corrected chi connectivity index (χ2v) is 8.80. The number of hydrogen-bond donors (Lipinski definition) is 1. The number of carbonyl (C=O) groups excluding carboxylic acids is 3. The van der Waals surface area contributed by atoms with Crippen molar-refractivity contribution in [2.45, 2.75) is 50.6 Å². The maximum absolute atomic E-state index is 13.1. The van der Waals surface area contributed by atoms with Crippen LogP contribution in [0.4, 0.5) is 4.79 Å². The highest BCUT2D eigenvalue weighted by atomic mass is 16.5. The summed E-state index contributed by atoms with van der Waals surface area (Å²) in [5, 5.41) is 2.81. The van der Waals surface area contributed by atoms with E-state index < -0.39 is 11.6 Å². The zero-order valence-electron chi connectivity index (χ0n) is 17.2. The molecule has 8 nitrogen and oxygen atoms in total. The lowest BCUT2D eigenvalue weighted by Crippen LogP contribution is -2.47. The molecule has 2 saturated heterocycles. The van der Waals surface area contributed by atoms with E-state index in [0.717, 1.165) is 48.3 Å². The van der Waals surface area contributed by atoms with Gasteiger partial charge in [0.25, 0.3) is 5.91 Å². The number of fused-ring (bicyclic) bond motifs is 1. The van der Waals surface area contributed by atoms with E-state index in [9.17, 15) is 14.4 Å². The summed E-state index contributed by atoms with van der Waals surface area (Å²) in [4.78, 5) is 41.3. The summed E-state index contributed by atoms with van der Waals surface area (Å²) in [7, 11) is 0. The smallest absolute Gasteiger partial charge is 0.325 e. The minimum atomic E-state index is -0.865. The number of imide groups is 1. The fourth-order valence-electron chi connectivity index (χ4n) is 4.82. The van der Waals surface area contributed by atoms with Gasteiger partial charge in [0.1, 0.15) is 12.1 Å². The van der Waals surface area contributed by atoms with Crippen molar-refractivity contribution in [3.63, 3.8) is 0 Å². The molecule has 3 fully saturated rings. The molecule has 4 aliphatic rings. The summed E-state index contributed by atoms with van der Waals surface area (Å²) in [6.45, 7) is 3.41. The molecule has 8 heteroatoms. The van der Waals surface area contributed by atoms with Gasteiger partial charge in [-0.15, -0.1) is 0 Å². The van der Waals surface area contributed by atoms with Gasteiger partial charge in [-0.05, 0) is 56.2 Å². The molecule has 0 aromatic heterocycles. The first kappa shape index (κ1) is 19.2. The number of urea groups is 1. The van der Waals surface area contributed by atoms with Gasteiger partial charge in [-0.2, -0.15) is 0 Å². The molecule has 4 amide bonds. The Kier molecular flexibility index (Phi) is 4.60. The third kappa shape index (κ3) is 3.18. The van der Waals surface area contributed by atoms with Crippen LogP contribution in [-0.2, 0) is 9.59 Å². The Hall–Kier alpha value is -2.77. The van der Waals surface area contributed by atoms with Crippen LogP contribution in [0.5, 0.6) is 11.5 Å². The number of likely N-dealkylation sites (tertiary alicyclic amines) is 1. The summed E-state index contributed by atoms with van der Waals surface area (Å²) in [6, 6.07) is 5.27. The van der Waals surface area contributed by atoms with Crippen LogP contribution in [0.25, 0.3) is 0 Å². The Bertz CT molecular complexity index is 899. The molecule has 3 heterocycles. The van der Waals surface area contributed by atoms with Crippen molar-refractivity contribution in [2.75, 3.05) is 26.3 Å². The van der Waals surface area contributed by atoms with E-state index in [4.69, 9.17) is 9.47 Å². The quantitative estimate of drug-likeness (QED) is 0.765. The van der Waals surface area contributed by atoms with Crippen molar-refractivity contribution in [1.29, 1.82) is 0 Å². The van der Waals surface area contributed by atoms with Crippen LogP contribution in [0.1, 0.15) is 50.6 Å². The van der Waals surface area contributed by atoms with Crippen LogP contribution in [0.2, 0.25) is 0 Å². The van der Waals surface area contributed by atoms with Gasteiger partial charge >= 0.3 is 6.03 Å². The van der Waals surface area contributed by atoms with Crippen LogP contribution < -0.4 is 14.8 Å². The SMILES string of the molecule is C[C@]1(C2CC2)NC(=O)N(CC(=O)N2CCC[C@@H]2c2ccc3c(c2)OCCCO3)C1=O. The Morgan fingerprint density at radius 1 is 1.13 bits per heavy atom. The largest absolute Gasteiger partial charge is 0.490 e. The van der Waals surface area contributed by atoms with E-state index in [1.807, 2.05) is 18.2 Å². The maximum atomic E-state index is 13.1. The monoisotopic (exact) mass is 413 g/mol. The first-order chi connectivity index (χ1) is 14.5. The maximum Gasteiger partial charge on any atom is 0.325 e. The van der Waals surface area contributed by atoms with Gasteiger partial charge < -0.3 is 19.7 Å². The number of nitrogens with zero attached hydrogens (tertiary/aromatic N) is 2. The van der Waals surface area contributed by atoms with Crippen LogP contribution in [-0.4, -0.2) is 59.5 Å². The van der Waals surface area contributed by atoms with Crippen LogP contribution in [0.3, 0.4) is 0 Å². The molecule has 0 radical (unpaired) electrons. The average Bonchev–Trinajstić information content (AvgIpc) is 3.49. The van der Waals surface area contributed by atoms with E-state index in [-0.39, 0.29) is 30.3 Å². The van der Waals surface area contributed by atoms with Gasteiger partial charge in [0.05, 0.1) is 19.3 Å².